The lowest BCUT2D eigenvalue weighted by molar-refractivity contribution is -0.118. The predicted molar refractivity (Wildman–Crippen MR) is 97.0 cm³/mol. The first-order valence-corrected chi connectivity index (χ1v) is 8.04. The van der Waals surface area contributed by atoms with Gasteiger partial charge in [-0.05, 0) is 43.3 Å². The third kappa shape index (κ3) is 5.07. The van der Waals surface area contributed by atoms with Crippen LogP contribution in [-0.4, -0.2) is 38.4 Å². The first kappa shape index (κ1) is 19.0. The number of hydrogen-bond donors (Lipinski definition) is 2. The minimum atomic E-state index is -0.388. The number of hydrogen-bond acceptors (Lipinski definition) is 5. The normalized spacial score (nSPS) is 9.92. The molecule has 136 valence electrons. The molecule has 0 saturated carbocycles. The van der Waals surface area contributed by atoms with Crippen LogP contribution in [0.1, 0.15) is 27.6 Å². The molecule has 2 aromatic rings. The molecule has 0 radical (unpaired) electrons. The van der Waals surface area contributed by atoms with Crippen LogP contribution in [-0.2, 0) is 4.79 Å². The molecule has 7 heteroatoms. The lowest BCUT2D eigenvalue weighted by atomic mass is 10.2. The molecule has 0 spiro atoms. The molecule has 0 atom stereocenters. The highest BCUT2D eigenvalue weighted by Crippen LogP contribution is 2.28. The summed E-state index contributed by atoms with van der Waals surface area (Å²) in [4.78, 5) is 34.6. The van der Waals surface area contributed by atoms with Crippen molar-refractivity contribution in [3.8, 4) is 11.5 Å². The summed E-state index contributed by atoms with van der Waals surface area (Å²) in [6, 6.07) is 11.3. The molecule has 2 N–H and O–H groups in total. The van der Waals surface area contributed by atoms with Gasteiger partial charge in [0, 0.05) is 23.9 Å². The topological polar surface area (TPSA) is 93.7 Å². The fourth-order valence-electron chi connectivity index (χ4n) is 2.21. The number of anilines is 1. The SMILES string of the molecule is CCOc1cc(C=O)ccc1OCC(=O)Nc1cccc(C(=O)NC)c1. The molecule has 0 fully saturated rings. The van der Waals surface area contributed by atoms with Crippen LogP contribution in [0.5, 0.6) is 11.5 Å². The second kappa shape index (κ2) is 9.22. The Labute approximate surface area is 151 Å². The van der Waals surface area contributed by atoms with E-state index >= 15 is 0 Å². The van der Waals surface area contributed by atoms with Gasteiger partial charge in [0.05, 0.1) is 6.61 Å². The second-order valence-electron chi connectivity index (χ2n) is 5.25. The summed E-state index contributed by atoms with van der Waals surface area (Å²) in [5.41, 5.74) is 1.38. The van der Waals surface area contributed by atoms with Crippen molar-refractivity contribution in [2.24, 2.45) is 0 Å². The fourth-order valence-corrected chi connectivity index (χ4v) is 2.21. The molecule has 0 aromatic heterocycles. The Bertz CT molecular complexity index is 804. The van der Waals surface area contributed by atoms with Gasteiger partial charge in [-0.15, -0.1) is 0 Å². The second-order valence-corrected chi connectivity index (χ2v) is 5.25. The Balaban J connectivity index is 2.01. The van der Waals surface area contributed by atoms with Gasteiger partial charge in [0.25, 0.3) is 11.8 Å². The number of ether oxygens (including phenoxy) is 2. The van der Waals surface area contributed by atoms with Gasteiger partial charge in [0.2, 0.25) is 0 Å². The number of nitrogens with one attached hydrogen (secondary N) is 2. The number of carbonyl (C=O) groups is 3. The summed E-state index contributed by atoms with van der Waals surface area (Å²) in [5, 5.41) is 5.19. The Morgan fingerprint density at radius 1 is 1.08 bits per heavy atom. The minimum absolute atomic E-state index is 0.242. The van der Waals surface area contributed by atoms with E-state index in [0.29, 0.717) is 41.2 Å². The summed E-state index contributed by atoms with van der Waals surface area (Å²) < 4.78 is 10.9. The molecule has 2 aromatic carbocycles. The summed E-state index contributed by atoms with van der Waals surface area (Å²) in [6.07, 6.45) is 0.707. The summed E-state index contributed by atoms with van der Waals surface area (Å²) >= 11 is 0. The van der Waals surface area contributed by atoms with E-state index in [1.165, 1.54) is 7.05 Å². The summed E-state index contributed by atoms with van der Waals surface area (Å²) in [6.45, 7) is 1.96. The summed E-state index contributed by atoms with van der Waals surface area (Å²) in [7, 11) is 1.53. The highest BCUT2D eigenvalue weighted by molar-refractivity contribution is 5.97. The summed E-state index contributed by atoms with van der Waals surface area (Å²) in [5.74, 6) is 0.133. The number of rotatable bonds is 8. The van der Waals surface area contributed by atoms with Crippen molar-refractivity contribution in [3.63, 3.8) is 0 Å². The van der Waals surface area contributed by atoms with Gasteiger partial charge in [-0.2, -0.15) is 0 Å². The van der Waals surface area contributed by atoms with E-state index in [-0.39, 0.29) is 18.4 Å². The van der Waals surface area contributed by atoms with E-state index in [1.54, 1.807) is 42.5 Å². The molecular formula is C19H20N2O5. The Morgan fingerprint density at radius 3 is 2.58 bits per heavy atom. The first-order chi connectivity index (χ1) is 12.6. The number of benzene rings is 2. The van der Waals surface area contributed by atoms with Crippen molar-refractivity contribution < 1.29 is 23.9 Å². The van der Waals surface area contributed by atoms with E-state index in [0.717, 1.165) is 0 Å². The molecule has 26 heavy (non-hydrogen) atoms. The monoisotopic (exact) mass is 356 g/mol. The van der Waals surface area contributed by atoms with Crippen LogP contribution in [0.3, 0.4) is 0 Å². The zero-order valence-electron chi connectivity index (χ0n) is 14.6. The van der Waals surface area contributed by atoms with Gasteiger partial charge in [0.15, 0.2) is 18.1 Å². The van der Waals surface area contributed by atoms with Crippen molar-refractivity contribution >= 4 is 23.8 Å². The van der Waals surface area contributed by atoms with E-state index in [2.05, 4.69) is 10.6 Å². The Morgan fingerprint density at radius 2 is 1.88 bits per heavy atom. The smallest absolute Gasteiger partial charge is 0.262 e. The van der Waals surface area contributed by atoms with Gasteiger partial charge in [0.1, 0.15) is 6.29 Å². The van der Waals surface area contributed by atoms with Gasteiger partial charge in [-0.1, -0.05) is 6.07 Å². The zero-order valence-corrected chi connectivity index (χ0v) is 14.6. The van der Waals surface area contributed by atoms with Crippen LogP contribution in [0.4, 0.5) is 5.69 Å². The van der Waals surface area contributed by atoms with Gasteiger partial charge in [-0.25, -0.2) is 0 Å². The van der Waals surface area contributed by atoms with Crippen molar-refractivity contribution in [2.75, 3.05) is 25.6 Å². The van der Waals surface area contributed by atoms with Crippen molar-refractivity contribution in [1.29, 1.82) is 0 Å². The molecule has 0 heterocycles. The van der Waals surface area contributed by atoms with Crippen LogP contribution in [0.15, 0.2) is 42.5 Å². The van der Waals surface area contributed by atoms with E-state index in [1.807, 2.05) is 6.92 Å². The van der Waals surface area contributed by atoms with Gasteiger partial charge >= 0.3 is 0 Å². The lowest BCUT2D eigenvalue weighted by Crippen LogP contribution is -2.21. The molecule has 0 saturated heterocycles. The molecule has 2 amide bonds. The van der Waals surface area contributed by atoms with Crippen molar-refractivity contribution in [1.82, 2.24) is 5.32 Å². The van der Waals surface area contributed by atoms with E-state index in [9.17, 15) is 14.4 Å². The van der Waals surface area contributed by atoms with E-state index < -0.39 is 0 Å². The number of aldehydes is 1. The van der Waals surface area contributed by atoms with Crippen molar-refractivity contribution in [3.05, 3.63) is 53.6 Å². The molecule has 0 unspecified atom stereocenters. The number of carbonyl (C=O) groups excluding carboxylic acids is 3. The Kier molecular flexibility index (Phi) is 6.73. The number of amides is 2. The van der Waals surface area contributed by atoms with Crippen LogP contribution in [0.2, 0.25) is 0 Å². The molecule has 0 bridgehead atoms. The highest BCUT2D eigenvalue weighted by Gasteiger charge is 2.10. The highest BCUT2D eigenvalue weighted by atomic mass is 16.5. The van der Waals surface area contributed by atoms with Crippen LogP contribution < -0.4 is 20.1 Å². The largest absolute Gasteiger partial charge is 0.490 e. The van der Waals surface area contributed by atoms with Crippen molar-refractivity contribution in [2.45, 2.75) is 6.92 Å². The third-order valence-corrected chi connectivity index (χ3v) is 3.40. The zero-order chi connectivity index (χ0) is 18.9. The minimum Gasteiger partial charge on any atom is -0.490 e. The molecule has 0 aliphatic rings. The first-order valence-electron chi connectivity index (χ1n) is 8.04. The lowest BCUT2D eigenvalue weighted by Gasteiger charge is -2.12. The molecule has 7 nitrogen and oxygen atoms in total. The van der Waals surface area contributed by atoms with Crippen LogP contribution in [0, 0.1) is 0 Å². The molecule has 0 aliphatic carbocycles. The third-order valence-electron chi connectivity index (χ3n) is 3.40. The average Bonchev–Trinajstić information content (AvgIpc) is 2.66. The van der Waals surface area contributed by atoms with Crippen LogP contribution >= 0.6 is 0 Å². The van der Waals surface area contributed by atoms with Gasteiger partial charge in [-0.3, -0.25) is 14.4 Å². The molecule has 0 aliphatic heterocycles. The average molecular weight is 356 g/mol. The standard InChI is InChI=1S/C19H20N2O5/c1-3-25-17-9-13(11-22)7-8-16(17)26-12-18(23)21-15-6-4-5-14(10-15)19(24)20-2/h4-11H,3,12H2,1-2H3,(H,20,24)(H,21,23). The maximum atomic E-state index is 12.1. The molecule has 2 rings (SSSR count). The fraction of sp³-hybridized carbons (Fsp3) is 0.211. The predicted octanol–water partition coefficient (Wildman–Crippen LogP) is 2.27. The van der Waals surface area contributed by atoms with E-state index in [4.69, 9.17) is 9.47 Å². The Hall–Kier alpha value is -3.35. The van der Waals surface area contributed by atoms with Crippen LogP contribution in [0.25, 0.3) is 0 Å². The maximum absolute atomic E-state index is 12.1. The molecular weight excluding hydrogens is 336 g/mol. The van der Waals surface area contributed by atoms with Gasteiger partial charge < -0.3 is 20.1 Å². The maximum Gasteiger partial charge on any atom is 0.262 e. The quantitative estimate of drug-likeness (QED) is 0.708.